The van der Waals surface area contributed by atoms with E-state index >= 15 is 0 Å². The number of fused-ring (bicyclic) bond motifs is 1. The summed E-state index contributed by atoms with van der Waals surface area (Å²) in [6, 6.07) is 15.4. The molecule has 3 aromatic rings. The van der Waals surface area contributed by atoms with E-state index in [4.69, 9.17) is 21.6 Å². The number of carbonyl (C=O) groups excluding carboxylic acids is 5. The summed E-state index contributed by atoms with van der Waals surface area (Å²) in [5.41, 5.74) is 2.16. The summed E-state index contributed by atoms with van der Waals surface area (Å²) >= 11 is 6.15. The van der Waals surface area contributed by atoms with Crippen LogP contribution < -0.4 is 30.5 Å². The van der Waals surface area contributed by atoms with Crippen LogP contribution in [-0.4, -0.2) is 102 Å². The van der Waals surface area contributed by atoms with Gasteiger partial charge in [-0.2, -0.15) is 5.26 Å². The fourth-order valence-electron chi connectivity index (χ4n) is 8.79. The highest BCUT2D eigenvalue weighted by atomic mass is 35.5. The number of benzene rings is 2. The molecule has 0 bridgehead atoms. The van der Waals surface area contributed by atoms with E-state index < -0.39 is 29.7 Å². The quantitative estimate of drug-likeness (QED) is 0.250. The number of nitrogens with one attached hydrogen (secondary N) is 3. The first-order chi connectivity index (χ1) is 28.1. The van der Waals surface area contributed by atoms with Crippen LogP contribution in [0.5, 0.6) is 5.75 Å². The number of piperidine rings is 3. The molecule has 1 aliphatic carbocycles. The zero-order valence-corrected chi connectivity index (χ0v) is 32.9. The van der Waals surface area contributed by atoms with Crippen LogP contribution in [0, 0.1) is 17.2 Å². The van der Waals surface area contributed by atoms with Gasteiger partial charge in [-0.25, -0.2) is 0 Å². The molecule has 302 valence electrons. The molecule has 3 N–H and O–H groups in total. The monoisotopic (exact) mass is 807 g/mol. The highest BCUT2D eigenvalue weighted by Crippen LogP contribution is 2.32. The number of nitrogens with zero attached hydrogens (tertiary/aromatic N) is 6. The van der Waals surface area contributed by atoms with Gasteiger partial charge < -0.3 is 25.2 Å². The average Bonchev–Trinajstić information content (AvgIpc) is 3.49. The number of rotatable bonds is 10. The van der Waals surface area contributed by atoms with Crippen LogP contribution in [0.25, 0.3) is 0 Å². The predicted octanol–water partition coefficient (Wildman–Crippen LogP) is 4.00. The number of hydrogen-bond acceptors (Lipinski definition) is 12. The summed E-state index contributed by atoms with van der Waals surface area (Å²) in [7, 11) is 0. The van der Waals surface area contributed by atoms with E-state index in [-0.39, 0.29) is 42.5 Å². The summed E-state index contributed by atoms with van der Waals surface area (Å²) < 4.78 is 6.08. The van der Waals surface area contributed by atoms with Crippen LogP contribution in [0.15, 0.2) is 48.5 Å². The topological polar surface area (TPSA) is 190 Å². The number of anilines is 2. The number of nitriles is 1. The highest BCUT2D eigenvalue weighted by Gasteiger charge is 2.45. The molecule has 2 atom stereocenters. The third-order valence-electron chi connectivity index (χ3n) is 12.1. The molecule has 5 heterocycles. The van der Waals surface area contributed by atoms with Gasteiger partial charge in [-0.1, -0.05) is 11.6 Å². The Morgan fingerprint density at radius 3 is 2.38 bits per heavy atom. The molecular weight excluding hydrogens is 762 g/mol. The molecule has 4 fully saturated rings. The Bertz CT molecular complexity index is 2130. The maximum absolute atomic E-state index is 13.4. The second-order valence-electron chi connectivity index (χ2n) is 15.9. The van der Waals surface area contributed by atoms with E-state index in [0.29, 0.717) is 33.5 Å². The largest absolute Gasteiger partial charge is 0.490 e. The van der Waals surface area contributed by atoms with E-state index in [9.17, 15) is 24.0 Å². The van der Waals surface area contributed by atoms with Gasteiger partial charge in [0, 0.05) is 56.4 Å². The van der Waals surface area contributed by atoms with Gasteiger partial charge >= 0.3 is 0 Å². The van der Waals surface area contributed by atoms with Crippen LogP contribution in [-0.2, 0) is 9.59 Å². The standard InChI is InChI=1S/C42H46ClN9O6/c43-34-21-31(7-3-26(34)22-44)58-30-8-4-27(5-9-30)46-39(54)35-11-13-37(49-48-35)50-18-15-25(16-19-50)23-45-28-2-1-17-51(24-28)29-6-10-32-33(20-29)42(57)52(41(32)56)36-12-14-38(53)47-40(36)55/h3,6-7,10-11,13,20-21,25,27-28,30,36,45H,1-2,4-5,8-9,12,14-19,23-24H2,(H,46,54)(H,47,53,55)/t27?,28-,30?,36?/m1/s1. The molecular formula is C42H46ClN9O6. The molecule has 0 spiro atoms. The molecule has 8 rings (SSSR count). The predicted molar refractivity (Wildman–Crippen MR) is 214 cm³/mol. The molecule has 1 saturated carbocycles. The molecule has 4 aliphatic heterocycles. The lowest BCUT2D eigenvalue weighted by atomic mass is 9.93. The second-order valence-corrected chi connectivity index (χ2v) is 16.3. The smallest absolute Gasteiger partial charge is 0.272 e. The van der Waals surface area contributed by atoms with Gasteiger partial charge in [0.1, 0.15) is 17.9 Å². The van der Waals surface area contributed by atoms with Crippen LogP contribution in [0.4, 0.5) is 11.5 Å². The van der Waals surface area contributed by atoms with Crippen molar-refractivity contribution in [3.05, 3.63) is 75.9 Å². The maximum Gasteiger partial charge on any atom is 0.272 e. The first-order valence-electron chi connectivity index (χ1n) is 20.2. The molecule has 0 radical (unpaired) electrons. The van der Waals surface area contributed by atoms with Crippen molar-refractivity contribution in [3.63, 3.8) is 0 Å². The fraction of sp³-hybridized carbons (Fsp3) is 0.476. The minimum atomic E-state index is -0.982. The molecule has 16 heteroatoms. The number of halogens is 1. The van der Waals surface area contributed by atoms with Crippen LogP contribution in [0.2, 0.25) is 5.02 Å². The average molecular weight is 808 g/mol. The zero-order valence-electron chi connectivity index (χ0n) is 32.1. The number of hydrogen-bond donors (Lipinski definition) is 3. The zero-order chi connectivity index (χ0) is 40.3. The van der Waals surface area contributed by atoms with Gasteiger partial charge in [-0.05, 0) is 113 Å². The second kappa shape index (κ2) is 17.1. The summed E-state index contributed by atoms with van der Waals surface area (Å²) in [5, 5.41) is 27.3. The van der Waals surface area contributed by atoms with Gasteiger partial charge in [0.05, 0.1) is 27.8 Å². The van der Waals surface area contributed by atoms with Crippen molar-refractivity contribution in [1.29, 1.82) is 5.26 Å². The van der Waals surface area contributed by atoms with E-state index in [1.54, 1.807) is 36.4 Å². The van der Waals surface area contributed by atoms with Gasteiger partial charge in [0.15, 0.2) is 11.5 Å². The Kier molecular flexibility index (Phi) is 11.6. The van der Waals surface area contributed by atoms with E-state index in [1.165, 1.54) is 0 Å². The van der Waals surface area contributed by atoms with Crippen molar-refractivity contribution in [3.8, 4) is 11.8 Å². The molecule has 5 aliphatic rings. The number of imide groups is 2. The third-order valence-corrected chi connectivity index (χ3v) is 12.4. The minimum absolute atomic E-state index is 0.0166. The van der Waals surface area contributed by atoms with Gasteiger partial charge in [-0.3, -0.25) is 34.2 Å². The number of amides is 5. The number of aromatic nitrogens is 2. The summed E-state index contributed by atoms with van der Waals surface area (Å²) in [4.78, 5) is 69.1. The highest BCUT2D eigenvalue weighted by molar-refractivity contribution is 6.31. The Morgan fingerprint density at radius 2 is 1.66 bits per heavy atom. The maximum atomic E-state index is 13.4. The van der Waals surface area contributed by atoms with E-state index in [1.807, 2.05) is 12.1 Å². The first kappa shape index (κ1) is 39.2. The number of carbonyl (C=O) groups is 5. The Hall–Kier alpha value is -5.59. The van der Waals surface area contributed by atoms with Crippen LogP contribution in [0.3, 0.4) is 0 Å². The molecule has 3 saturated heterocycles. The van der Waals surface area contributed by atoms with Crippen molar-refractivity contribution in [2.75, 3.05) is 42.5 Å². The fourth-order valence-corrected chi connectivity index (χ4v) is 9.00. The summed E-state index contributed by atoms with van der Waals surface area (Å²) in [5.74, 6) is -0.321. The third kappa shape index (κ3) is 8.49. The van der Waals surface area contributed by atoms with Crippen LogP contribution >= 0.6 is 11.6 Å². The molecule has 1 aromatic heterocycles. The number of ether oxygens (including phenoxy) is 1. The normalized spacial score (nSPS) is 24.0. The summed E-state index contributed by atoms with van der Waals surface area (Å²) in [6.07, 6.45) is 7.41. The molecule has 15 nitrogen and oxygen atoms in total. The molecule has 5 amide bonds. The SMILES string of the molecule is N#Cc1ccc(OC2CCC(NC(=O)c3ccc(N4CCC(CN[C@@H]5CCCN(c6ccc7c(c6)C(=O)N(C6CCC(=O)NC6=O)C7=O)C5)CC4)nn3)CC2)cc1Cl. The van der Waals surface area contributed by atoms with E-state index in [0.717, 1.165) is 100 Å². The van der Waals surface area contributed by atoms with Crippen molar-refractivity contribution in [2.24, 2.45) is 5.92 Å². The molecule has 58 heavy (non-hydrogen) atoms. The van der Waals surface area contributed by atoms with E-state index in [2.05, 4.69) is 42.0 Å². The van der Waals surface area contributed by atoms with Crippen LogP contribution in [0.1, 0.15) is 101 Å². The van der Waals surface area contributed by atoms with Crippen molar-refractivity contribution >= 4 is 52.6 Å². The molecule has 1 unspecified atom stereocenters. The Labute approximate surface area is 341 Å². The lowest BCUT2D eigenvalue weighted by Gasteiger charge is -2.37. The Balaban J connectivity index is 0.760. The Morgan fingerprint density at radius 1 is 0.862 bits per heavy atom. The van der Waals surface area contributed by atoms with Crippen molar-refractivity contribution in [2.45, 2.75) is 88.4 Å². The van der Waals surface area contributed by atoms with Gasteiger partial charge in [0.2, 0.25) is 11.8 Å². The van der Waals surface area contributed by atoms with Crippen molar-refractivity contribution < 1.29 is 28.7 Å². The lowest BCUT2D eigenvalue weighted by Crippen LogP contribution is -2.54. The summed E-state index contributed by atoms with van der Waals surface area (Å²) in [6.45, 7) is 4.21. The molecule has 2 aromatic carbocycles. The minimum Gasteiger partial charge on any atom is -0.490 e. The first-order valence-corrected chi connectivity index (χ1v) is 20.6. The van der Waals surface area contributed by atoms with Crippen molar-refractivity contribution in [1.82, 2.24) is 31.0 Å². The lowest BCUT2D eigenvalue weighted by molar-refractivity contribution is -0.136. The van der Waals surface area contributed by atoms with Gasteiger partial charge in [-0.15, -0.1) is 10.2 Å². The van der Waals surface area contributed by atoms with Gasteiger partial charge in [0.25, 0.3) is 17.7 Å².